The number of fused-ring (bicyclic) bond motifs is 3. The van der Waals surface area contributed by atoms with E-state index in [1.165, 1.54) is 12.0 Å². The highest BCUT2D eigenvalue weighted by molar-refractivity contribution is 6.74. The van der Waals surface area contributed by atoms with Crippen molar-refractivity contribution in [3.8, 4) is 0 Å². The van der Waals surface area contributed by atoms with Crippen molar-refractivity contribution in [3.05, 3.63) is 47.6 Å². The number of amides is 1. The number of carbonyl (C=O) groups is 5. The number of Topliss-reactive ketones (excluding diaryl/α,β-unsaturated/α-hetero) is 3. The molecule has 2 N–H and O–H groups in total. The van der Waals surface area contributed by atoms with Crippen LogP contribution in [0.3, 0.4) is 0 Å². The zero-order chi connectivity index (χ0) is 57.6. The van der Waals surface area contributed by atoms with Crippen molar-refractivity contribution in [2.24, 2.45) is 41.4 Å². The van der Waals surface area contributed by atoms with Gasteiger partial charge in [-0.3, -0.25) is 19.2 Å². The van der Waals surface area contributed by atoms with Crippen LogP contribution in [0.25, 0.3) is 0 Å². The van der Waals surface area contributed by atoms with Gasteiger partial charge in [-0.25, -0.2) is 4.79 Å². The van der Waals surface area contributed by atoms with Crippen molar-refractivity contribution in [2.75, 3.05) is 41.1 Å². The first-order valence-electron chi connectivity index (χ1n) is 28.9. The van der Waals surface area contributed by atoms with Gasteiger partial charge in [-0.05, 0) is 131 Å². The third-order valence-corrected chi connectivity index (χ3v) is 22.9. The van der Waals surface area contributed by atoms with Crippen molar-refractivity contribution in [1.82, 2.24) is 4.90 Å². The number of hydrogen-bond acceptors (Lipinski definition) is 14. The van der Waals surface area contributed by atoms with Crippen LogP contribution in [0.4, 0.5) is 0 Å². The normalized spacial score (nSPS) is 36.5. The molecule has 1 amide bonds. The lowest BCUT2D eigenvalue weighted by Gasteiger charge is -2.43. The predicted octanol–water partition coefficient (Wildman–Crippen LogP) is 9.86. The molecule has 2 bridgehead atoms. The minimum Gasteiger partial charge on any atom is -0.460 e. The summed E-state index contributed by atoms with van der Waals surface area (Å²) >= 11 is 0. The Balaban J connectivity index is 1.64. The molecule has 1 aliphatic carbocycles. The van der Waals surface area contributed by atoms with Gasteiger partial charge in [0, 0.05) is 58.5 Å². The Hall–Kier alpha value is -3.19. The molecule has 0 radical (unpaired) electrons. The number of ketones is 3. The fourth-order valence-electron chi connectivity index (χ4n) is 11.7. The van der Waals surface area contributed by atoms with Crippen molar-refractivity contribution in [1.29, 1.82) is 0 Å². The summed E-state index contributed by atoms with van der Waals surface area (Å²) in [6, 6.07) is -1.14. The fraction of sp³-hybridized carbons (Fsp3) is 0.787. The molecule has 0 aromatic heterocycles. The number of piperidine rings is 1. The molecule has 4 rings (SSSR count). The second-order valence-electron chi connectivity index (χ2n) is 24.7. The molecule has 0 spiro atoms. The van der Waals surface area contributed by atoms with Crippen LogP contribution in [0.1, 0.15) is 153 Å². The molecular formula is C61H101NO14Si. The van der Waals surface area contributed by atoms with E-state index in [0.29, 0.717) is 76.1 Å². The molecule has 4 aliphatic rings. The second kappa shape index (κ2) is 30.0. The Labute approximate surface area is 463 Å². The largest absolute Gasteiger partial charge is 0.460 e. The molecule has 1 saturated carbocycles. The summed E-state index contributed by atoms with van der Waals surface area (Å²) in [6.45, 7) is 27.4. The van der Waals surface area contributed by atoms with Gasteiger partial charge < -0.3 is 48.0 Å². The van der Waals surface area contributed by atoms with Crippen molar-refractivity contribution >= 4 is 37.5 Å². The van der Waals surface area contributed by atoms with Gasteiger partial charge in [0.25, 0.3) is 11.7 Å². The molecule has 77 heavy (non-hydrogen) atoms. The topological polar surface area (TPSA) is 194 Å². The Bertz CT molecular complexity index is 2080. The van der Waals surface area contributed by atoms with Crippen LogP contribution in [-0.2, 0) is 56.8 Å². The first-order valence-corrected chi connectivity index (χ1v) is 31.8. The minimum absolute atomic E-state index is 0.0159. The number of nitrogens with zero attached hydrogens (tertiary/aromatic N) is 1. The number of hydrogen-bond donors (Lipinski definition) is 2. The molecule has 2 saturated heterocycles. The lowest BCUT2D eigenvalue weighted by molar-refractivity contribution is -0.265. The van der Waals surface area contributed by atoms with Gasteiger partial charge in [-0.15, -0.1) is 0 Å². The Morgan fingerprint density at radius 3 is 2.18 bits per heavy atom. The first kappa shape index (κ1) is 66.3. The van der Waals surface area contributed by atoms with Gasteiger partial charge in [0.05, 0.1) is 37.6 Å². The standard InChI is InChI=1S/C61H101NO14Si/c1-38(2)60(10,11)77(15,16)74-31-30-73-50-28-26-46(35-53(50)71-13)34-42(6)52-37-49(63)41(5)33-44(8)55(65)56(72-14)54(64)43(7)32-39(3)22-18-17-19-23-40(4)51(70-12)36-47-27-25-45(9)61(69,76-47)57(66)58(67)62-29-21-20-24-48(62)59(68)75-52/h17-19,22-23,33,38-39,41-43,45-48,50-53,55-56,65,69H,20-21,24-32,34-37H2,1-16H3/b19-17+,22-18+,40-23+,44-33+/t39-,41-,42-,43-,45-,46+,47+,48+,50-,51+,52+,53-,55-,56+,61-/m1/s1. The van der Waals surface area contributed by atoms with E-state index in [-0.39, 0.29) is 66.0 Å². The van der Waals surface area contributed by atoms with Gasteiger partial charge in [-0.1, -0.05) is 98.8 Å². The van der Waals surface area contributed by atoms with Crippen LogP contribution in [-0.4, -0.2) is 148 Å². The van der Waals surface area contributed by atoms with Crippen LogP contribution in [0.5, 0.6) is 0 Å². The minimum atomic E-state index is -2.43. The predicted molar refractivity (Wildman–Crippen MR) is 301 cm³/mol. The number of allylic oxidation sites excluding steroid dienone is 6. The van der Waals surface area contributed by atoms with E-state index in [1.54, 1.807) is 41.1 Å². The van der Waals surface area contributed by atoms with E-state index in [2.05, 4.69) is 40.8 Å². The maximum absolute atomic E-state index is 14.6. The lowest BCUT2D eigenvalue weighted by atomic mass is 9.78. The number of cyclic esters (lactones) is 1. The monoisotopic (exact) mass is 1100 g/mol. The average Bonchev–Trinajstić information content (AvgIpc) is 3.39. The number of esters is 1. The van der Waals surface area contributed by atoms with Crippen LogP contribution in [0.15, 0.2) is 47.6 Å². The Morgan fingerprint density at radius 1 is 0.831 bits per heavy atom. The summed E-state index contributed by atoms with van der Waals surface area (Å²) in [6.07, 6.45) is 12.3. The van der Waals surface area contributed by atoms with Crippen LogP contribution in [0.2, 0.25) is 18.1 Å². The van der Waals surface area contributed by atoms with Gasteiger partial charge in [0.15, 0.2) is 14.1 Å². The maximum atomic E-state index is 14.6. The summed E-state index contributed by atoms with van der Waals surface area (Å²) in [4.78, 5) is 72.9. The van der Waals surface area contributed by atoms with Crippen molar-refractivity contribution in [3.63, 3.8) is 0 Å². The molecule has 0 aromatic carbocycles. The van der Waals surface area contributed by atoms with E-state index in [4.69, 9.17) is 32.8 Å². The number of carbonyl (C=O) groups excluding carboxylic acids is 5. The van der Waals surface area contributed by atoms with E-state index >= 15 is 0 Å². The van der Waals surface area contributed by atoms with E-state index in [0.717, 1.165) is 18.4 Å². The maximum Gasteiger partial charge on any atom is 0.329 e. The summed E-state index contributed by atoms with van der Waals surface area (Å²) in [5, 5.41) is 23.7. The number of aliphatic hydroxyl groups excluding tert-OH is 1. The number of aliphatic hydroxyl groups is 2. The second-order valence-corrected chi connectivity index (χ2v) is 29.3. The average molecular weight is 1100 g/mol. The zero-order valence-corrected chi connectivity index (χ0v) is 51.0. The molecule has 438 valence electrons. The molecule has 16 heteroatoms. The Morgan fingerprint density at radius 2 is 1.53 bits per heavy atom. The van der Waals surface area contributed by atoms with Crippen LogP contribution in [0, 0.1) is 41.4 Å². The van der Waals surface area contributed by atoms with Gasteiger partial charge in [-0.2, -0.15) is 0 Å². The molecule has 3 heterocycles. The smallest absolute Gasteiger partial charge is 0.329 e. The number of methoxy groups -OCH3 is 3. The summed E-state index contributed by atoms with van der Waals surface area (Å²) < 4.78 is 43.1. The van der Waals surface area contributed by atoms with E-state index in [9.17, 15) is 34.2 Å². The number of rotatable bonds is 13. The van der Waals surface area contributed by atoms with Crippen molar-refractivity contribution in [2.45, 2.75) is 226 Å². The molecule has 3 aliphatic heterocycles. The molecule has 15 atom stereocenters. The van der Waals surface area contributed by atoms with Crippen LogP contribution < -0.4 is 0 Å². The van der Waals surface area contributed by atoms with Crippen molar-refractivity contribution < 1.29 is 67.0 Å². The zero-order valence-electron chi connectivity index (χ0n) is 50.0. The lowest BCUT2D eigenvalue weighted by Crippen LogP contribution is -2.61. The highest BCUT2D eigenvalue weighted by Gasteiger charge is 2.53. The van der Waals surface area contributed by atoms with Gasteiger partial charge in [0.1, 0.15) is 30.1 Å². The van der Waals surface area contributed by atoms with E-state index in [1.807, 2.05) is 58.1 Å². The first-order chi connectivity index (χ1) is 36.1. The molecule has 3 fully saturated rings. The molecule has 0 unspecified atom stereocenters. The highest BCUT2D eigenvalue weighted by Crippen LogP contribution is 2.45. The molecule has 0 aromatic rings. The quantitative estimate of drug-likeness (QED) is 0.0582. The Kier molecular flexibility index (Phi) is 25.9. The van der Waals surface area contributed by atoms with Crippen LogP contribution >= 0.6 is 0 Å². The summed E-state index contributed by atoms with van der Waals surface area (Å²) in [5.41, 5.74) is 1.28. The van der Waals surface area contributed by atoms with E-state index < -0.39 is 86.1 Å². The summed E-state index contributed by atoms with van der Waals surface area (Å²) in [7, 11) is 2.65. The summed E-state index contributed by atoms with van der Waals surface area (Å²) in [5.74, 6) is -7.40. The molecular weight excluding hydrogens is 999 g/mol. The van der Waals surface area contributed by atoms with Gasteiger partial charge in [0.2, 0.25) is 5.79 Å². The highest BCUT2D eigenvalue weighted by atomic mass is 28.4. The number of ether oxygens (including phenoxy) is 6. The van der Waals surface area contributed by atoms with Gasteiger partial charge >= 0.3 is 5.97 Å². The third kappa shape index (κ3) is 17.7. The fourth-order valence-corrected chi connectivity index (χ4v) is 14.0. The molecule has 15 nitrogen and oxygen atoms in total. The SMILES string of the molecule is CO[C@H]1C[C@@H]2CC[C@@H](C)[C@@](O)(O2)C(=O)C(=O)N2CCCC[C@H]2C(=O)O[C@H]([C@H](C)C[C@@H]2CC[C@@H](OCCO[Si](C)(C)C(C)(C)C(C)C)[C@H](OC)C2)CC(=O)[C@H](C)/C=C(\C)[C@@H](O)[C@@H](OC)C(=O)[C@H](C)C[C@H](C)/C=C/C=C/C=C/1C. The third-order valence-electron chi connectivity index (χ3n) is 18.3.